The Morgan fingerprint density at radius 1 is 1.17 bits per heavy atom. The third kappa shape index (κ3) is 3.17. The first-order chi connectivity index (χ1) is 11.3. The fraction of sp³-hybridized carbons (Fsp3) is 0.667. The summed E-state index contributed by atoms with van der Waals surface area (Å²) in [7, 11) is 0. The smallest absolute Gasteiger partial charge is 0.168 e. The number of piperidine rings is 1. The van der Waals surface area contributed by atoms with Crippen molar-refractivity contribution < 1.29 is 0 Å². The molecule has 23 heavy (non-hydrogen) atoms. The maximum absolute atomic E-state index is 4.27. The summed E-state index contributed by atoms with van der Waals surface area (Å²) in [5, 5.41) is 23.8. The minimum atomic E-state index is 0.267. The zero-order valence-electron chi connectivity index (χ0n) is 13.3. The van der Waals surface area contributed by atoms with Crippen LogP contribution in [0.25, 0.3) is 0 Å². The normalized spacial score (nSPS) is 21.3. The van der Waals surface area contributed by atoms with Gasteiger partial charge in [-0.25, -0.2) is 4.68 Å². The molecule has 3 heterocycles. The minimum Gasteiger partial charge on any atom is -0.366 e. The van der Waals surface area contributed by atoms with Crippen molar-refractivity contribution in [3.63, 3.8) is 0 Å². The second-order valence-electron chi connectivity index (χ2n) is 6.45. The number of nitrogens with one attached hydrogen (secondary N) is 1. The predicted molar refractivity (Wildman–Crippen MR) is 84.8 cm³/mol. The summed E-state index contributed by atoms with van der Waals surface area (Å²) in [4.78, 5) is 2.47. The SMILES string of the molecule is CC(c1nnnn1C1CC1)N1CCC(Nc2cccnn2)CC1. The Morgan fingerprint density at radius 2 is 2.00 bits per heavy atom. The summed E-state index contributed by atoms with van der Waals surface area (Å²) < 4.78 is 2.02. The van der Waals surface area contributed by atoms with Crippen LogP contribution < -0.4 is 5.32 Å². The average molecular weight is 314 g/mol. The van der Waals surface area contributed by atoms with E-state index in [-0.39, 0.29) is 6.04 Å². The largest absolute Gasteiger partial charge is 0.366 e. The van der Waals surface area contributed by atoms with Crippen molar-refractivity contribution in [1.29, 1.82) is 0 Å². The lowest BCUT2D eigenvalue weighted by Crippen LogP contribution is -2.41. The van der Waals surface area contributed by atoms with E-state index in [0.29, 0.717) is 12.1 Å². The molecule has 8 nitrogen and oxygen atoms in total. The highest BCUT2D eigenvalue weighted by Gasteiger charge is 2.32. The Hall–Kier alpha value is -2.09. The molecule has 2 fully saturated rings. The van der Waals surface area contributed by atoms with Gasteiger partial charge in [-0.2, -0.15) is 5.10 Å². The second-order valence-corrected chi connectivity index (χ2v) is 6.45. The van der Waals surface area contributed by atoms with Gasteiger partial charge in [0.15, 0.2) is 5.82 Å². The number of hydrogen-bond donors (Lipinski definition) is 1. The minimum absolute atomic E-state index is 0.267. The van der Waals surface area contributed by atoms with Gasteiger partial charge in [0.25, 0.3) is 0 Å². The van der Waals surface area contributed by atoms with E-state index >= 15 is 0 Å². The molecule has 1 saturated heterocycles. The van der Waals surface area contributed by atoms with Crippen molar-refractivity contribution >= 4 is 5.82 Å². The summed E-state index contributed by atoms with van der Waals surface area (Å²) in [6, 6.07) is 5.12. The fourth-order valence-electron chi connectivity index (χ4n) is 3.24. The summed E-state index contributed by atoms with van der Waals surface area (Å²) in [5.41, 5.74) is 0. The van der Waals surface area contributed by atoms with E-state index in [9.17, 15) is 0 Å². The first kappa shape index (κ1) is 14.5. The quantitative estimate of drug-likeness (QED) is 0.893. The molecule has 2 aromatic heterocycles. The number of nitrogens with zero attached hydrogens (tertiary/aromatic N) is 7. The molecule has 2 aliphatic rings. The van der Waals surface area contributed by atoms with Gasteiger partial charge in [-0.3, -0.25) is 4.90 Å². The van der Waals surface area contributed by atoms with Crippen molar-refractivity contribution in [2.75, 3.05) is 18.4 Å². The number of rotatable bonds is 5. The van der Waals surface area contributed by atoms with E-state index in [1.54, 1.807) is 6.20 Å². The lowest BCUT2D eigenvalue weighted by Gasteiger charge is -2.35. The summed E-state index contributed by atoms with van der Waals surface area (Å²) in [6.45, 7) is 4.29. The van der Waals surface area contributed by atoms with Crippen LogP contribution in [0, 0.1) is 0 Å². The Bertz CT molecular complexity index is 630. The van der Waals surface area contributed by atoms with Gasteiger partial charge in [-0.05, 0) is 55.2 Å². The average Bonchev–Trinajstić information content (AvgIpc) is 3.33. The molecule has 1 N–H and O–H groups in total. The van der Waals surface area contributed by atoms with Crippen LogP contribution in [-0.4, -0.2) is 54.4 Å². The van der Waals surface area contributed by atoms with E-state index in [4.69, 9.17) is 0 Å². The van der Waals surface area contributed by atoms with Crippen molar-refractivity contribution in [3.05, 3.63) is 24.2 Å². The van der Waals surface area contributed by atoms with Crippen LogP contribution in [0.1, 0.15) is 50.5 Å². The number of likely N-dealkylation sites (tertiary alicyclic amines) is 1. The molecular formula is C15H22N8. The Kier molecular flexibility index (Phi) is 3.90. The lowest BCUT2D eigenvalue weighted by molar-refractivity contribution is 0.158. The van der Waals surface area contributed by atoms with Crippen molar-refractivity contribution in [2.45, 2.75) is 50.7 Å². The van der Waals surface area contributed by atoms with Gasteiger partial charge >= 0.3 is 0 Å². The molecule has 0 spiro atoms. The van der Waals surface area contributed by atoms with Gasteiger partial charge < -0.3 is 5.32 Å². The predicted octanol–water partition coefficient (Wildman–Crippen LogP) is 1.44. The molecule has 0 radical (unpaired) electrons. The Balaban J connectivity index is 1.34. The maximum Gasteiger partial charge on any atom is 0.168 e. The van der Waals surface area contributed by atoms with Crippen LogP contribution in [0.4, 0.5) is 5.82 Å². The van der Waals surface area contributed by atoms with Crippen molar-refractivity contribution in [2.24, 2.45) is 0 Å². The summed E-state index contributed by atoms with van der Waals surface area (Å²) >= 11 is 0. The molecule has 0 aromatic carbocycles. The Labute approximate surface area is 135 Å². The summed E-state index contributed by atoms with van der Waals surface area (Å²) in [5.74, 6) is 1.87. The van der Waals surface area contributed by atoms with Crippen molar-refractivity contribution in [1.82, 2.24) is 35.3 Å². The molecule has 8 heteroatoms. The summed E-state index contributed by atoms with van der Waals surface area (Å²) in [6.07, 6.45) is 6.28. The van der Waals surface area contributed by atoms with Gasteiger partial charge in [0.2, 0.25) is 0 Å². The van der Waals surface area contributed by atoms with E-state index in [1.807, 2.05) is 16.8 Å². The zero-order valence-corrected chi connectivity index (χ0v) is 13.3. The highest BCUT2D eigenvalue weighted by Crippen LogP contribution is 2.36. The van der Waals surface area contributed by atoms with Crippen LogP contribution >= 0.6 is 0 Å². The highest BCUT2D eigenvalue weighted by molar-refractivity contribution is 5.33. The molecule has 1 saturated carbocycles. The van der Waals surface area contributed by atoms with Crippen LogP contribution in [0.5, 0.6) is 0 Å². The maximum atomic E-state index is 4.27. The van der Waals surface area contributed by atoms with Gasteiger partial charge in [-0.15, -0.1) is 10.2 Å². The molecule has 1 unspecified atom stereocenters. The lowest BCUT2D eigenvalue weighted by atomic mass is 10.0. The van der Waals surface area contributed by atoms with Crippen LogP contribution in [0.15, 0.2) is 18.3 Å². The van der Waals surface area contributed by atoms with Gasteiger partial charge in [-0.1, -0.05) is 0 Å². The van der Waals surface area contributed by atoms with Gasteiger partial charge in [0.1, 0.15) is 5.82 Å². The monoisotopic (exact) mass is 314 g/mol. The molecule has 2 aromatic rings. The van der Waals surface area contributed by atoms with E-state index in [2.05, 4.69) is 42.9 Å². The van der Waals surface area contributed by atoms with E-state index in [0.717, 1.165) is 37.6 Å². The molecule has 4 rings (SSSR count). The first-order valence-corrected chi connectivity index (χ1v) is 8.37. The number of tetrazole rings is 1. The third-order valence-electron chi connectivity index (χ3n) is 4.79. The van der Waals surface area contributed by atoms with Crippen LogP contribution in [-0.2, 0) is 0 Å². The van der Waals surface area contributed by atoms with Crippen molar-refractivity contribution in [3.8, 4) is 0 Å². The number of hydrogen-bond acceptors (Lipinski definition) is 7. The van der Waals surface area contributed by atoms with Crippen LogP contribution in [0.2, 0.25) is 0 Å². The third-order valence-corrected chi connectivity index (χ3v) is 4.79. The standard InChI is InChI=1S/C15H22N8/c1-11(15-19-20-21-23(15)13-4-5-13)22-9-6-12(7-10-22)17-14-3-2-8-16-18-14/h2-3,8,11-13H,4-7,9-10H2,1H3,(H,17,18). The molecular weight excluding hydrogens is 292 g/mol. The Morgan fingerprint density at radius 3 is 2.70 bits per heavy atom. The second kappa shape index (κ2) is 6.19. The highest BCUT2D eigenvalue weighted by atomic mass is 15.6. The zero-order chi connectivity index (χ0) is 15.6. The molecule has 0 bridgehead atoms. The van der Waals surface area contributed by atoms with E-state index < -0.39 is 0 Å². The number of aromatic nitrogens is 6. The van der Waals surface area contributed by atoms with E-state index in [1.165, 1.54) is 12.8 Å². The number of anilines is 1. The molecule has 1 aliphatic heterocycles. The van der Waals surface area contributed by atoms with Crippen LogP contribution in [0.3, 0.4) is 0 Å². The van der Waals surface area contributed by atoms with Gasteiger partial charge in [0.05, 0.1) is 12.1 Å². The topological polar surface area (TPSA) is 84.7 Å². The fourth-order valence-corrected chi connectivity index (χ4v) is 3.24. The molecule has 122 valence electrons. The first-order valence-electron chi connectivity index (χ1n) is 8.37. The molecule has 1 atom stereocenters. The molecule has 0 amide bonds. The van der Waals surface area contributed by atoms with Gasteiger partial charge in [0, 0.05) is 25.3 Å². The molecule has 1 aliphatic carbocycles.